The third kappa shape index (κ3) is 2.95. The van der Waals surface area contributed by atoms with Crippen LogP contribution in [0.3, 0.4) is 0 Å². The van der Waals surface area contributed by atoms with Gasteiger partial charge >= 0.3 is 8.03 Å². The molecule has 0 amide bonds. The summed E-state index contributed by atoms with van der Waals surface area (Å²) in [5, 5.41) is 37.8. The minimum Gasteiger partial charge on any atom is -0.391 e. The Morgan fingerprint density at radius 2 is 1.81 bits per heavy atom. The third-order valence-electron chi connectivity index (χ3n) is 2.33. The highest BCUT2D eigenvalue weighted by molar-refractivity contribution is 7.38. The lowest BCUT2D eigenvalue weighted by molar-refractivity contribution is -0.285. The zero-order valence-electron chi connectivity index (χ0n) is 8.92. The van der Waals surface area contributed by atoms with Gasteiger partial charge in [0.1, 0.15) is 24.4 Å². The maximum atomic E-state index is 10.9. The van der Waals surface area contributed by atoms with E-state index in [2.05, 4.69) is 0 Å². The van der Waals surface area contributed by atoms with Gasteiger partial charge in [0.15, 0.2) is 6.66 Å². The summed E-state index contributed by atoms with van der Waals surface area (Å²) in [6, 6.07) is 0. The molecule has 1 fully saturated rings. The fourth-order valence-electron chi connectivity index (χ4n) is 1.51. The van der Waals surface area contributed by atoms with Crippen LogP contribution in [0.25, 0.3) is 0 Å². The van der Waals surface area contributed by atoms with Crippen molar-refractivity contribution in [3.63, 3.8) is 0 Å². The predicted octanol–water partition coefficient (Wildman–Crippen LogP) is -1.44. The summed E-state index contributed by atoms with van der Waals surface area (Å²) in [4.78, 5) is 0. The Hall–Kier alpha value is -0.140. The van der Waals surface area contributed by atoms with Gasteiger partial charge in [-0.2, -0.15) is 0 Å². The molecule has 1 aliphatic heterocycles. The van der Waals surface area contributed by atoms with Gasteiger partial charge in [-0.25, -0.2) is 0 Å². The van der Waals surface area contributed by atoms with E-state index < -0.39 is 44.8 Å². The number of hydrogen-bond acceptors (Lipinski definition) is 7. The van der Waals surface area contributed by atoms with Gasteiger partial charge in [-0.05, 0) is 11.5 Å². The van der Waals surface area contributed by atoms with Crippen molar-refractivity contribution in [2.45, 2.75) is 43.7 Å². The first kappa shape index (κ1) is 13.9. The molecule has 0 aromatic rings. The molecule has 7 nitrogen and oxygen atoms in total. The summed E-state index contributed by atoms with van der Waals surface area (Å²) in [7, 11) is -2.03. The minimum absolute atomic E-state index is 1.06. The Labute approximate surface area is 93.5 Å². The van der Waals surface area contributed by atoms with E-state index in [1.807, 2.05) is 0 Å². The Balaban J connectivity index is 2.76. The fraction of sp³-hybridized carbons (Fsp3) is 1.00. The Kier molecular flexibility index (Phi) is 4.75. The summed E-state index contributed by atoms with van der Waals surface area (Å²) in [6.45, 7) is 2.63. The molecule has 7 atom stereocenters. The maximum Gasteiger partial charge on any atom is 0.507 e. The van der Waals surface area contributed by atoms with Crippen molar-refractivity contribution in [1.29, 1.82) is 0 Å². The normalized spacial score (nSPS) is 42.9. The zero-order valence-corrected chi connectivity index (χ0v) is 9.82. The molecule has 1 aliphatic rings. The van der Waals surface area contributed by atoms with Gasteiger partial charge in [0.05, 0.1) is 6.10 Å². The van der Waals surface area contributed by atoms with Crippen LogP contribution in [0.1, 0.15) is 6.92 Å². The van der Waals surface area contributed by atoms with Crippen LogP contribution in [0, 0.1) is 0 Å². The van der Waals surface area contributed by atoms with Crippen molar-refractivity contribution < 1.29 is 34.3 Å². The third-order valence-corrected chi connectivity index (χ3v) is 2.84. The molecule has 0 radical (unpaired) electrons. The van der Waals surface area contributed by atoms with Crippen LogP contribution < -0.4 is 0 Å². The Bertz CT molecular complexity index is 259. The van der Waals surface area contributed by atoms with E-state index in [4.69, 9.17) is 9.26 Å². The van der Waals surface area contributed by atoms with Crippen LogP contribution in [-0.2, 0) is 13.8 Å². The van der Waals surface area contributed by atoms with Crippen molar-refractivity contribution in [3.8, 4) is 0 Å². The van der Waals surface area contributed by atoms with Gasteiger partial charge in [0.2, 0.25) is 6.29 Å². The van der Waals surface area contributed by atoms with Crippen molar-refractivity contribution in [1.82, 2.24) is 0 Å². The predicted molar refractivity (Wildman–Crippen MR) is 53.0 cm³/mol. The van der Waals surface area contributed by atoms with E-state index >= 15 is 0 Å². The number of rotatable bonds is 3. The van der Waals surface area contributed by atoms with E-state index in [-0.39, 0.29) is 0 Å². The number of hydrogen-bond donors (Lipinski definition) is 4. The van der Waals surface area contributed by atoms with Gasteiger partial charge in [0.25, 0.3) is 0 Å². The Morgan fingerprint density at radius 1 is 1.25 bits per heavy atom. The second kappa shape index (κ2) is 5.46. The molecule has 0 aromatic heterocycles. The summed E-state index contributed by atoms with van der Waals surface area (Å²) in [6.07, 6.45) is -7.94. The molecule has 0 saturated carbocycles. The van der Waals surface area contributed by atoms with Crippen molar-refractivity contribution in [3.05, 3.63) is 0 Å². The van der Waals surface area contributed by atoms with E-state index in [1.165, 1.54) is 13.6 Å². The molecule has 0 bridgehead atoms. The highest BCUT2D eigenvalue weighted by Gasteiger charge is 2.48. The maximum absolute atomic E-state index is 10.9. The van der Waals surface area contributed by atoms with E-state index in [9.17, 15) is 25.0 Å². The van der Waals surface area contributed by atoms with Gasteiger partial charge in [-0.15, -0.1) is 4.52 Å². The first-order valence-corrected chi connectivity index (χ1v) is 6.42. The molecule has 4 N–H and O–H groups in total. The summed E-state index contributed by atoms with van der Waals surface area (Å²) in [5.74, 6) is 0. The van der Waals surface area contributed by atoms with Crippen LogP contribution in [0.15, 0.2) is 0 Å². The second-order valence-corrected chi connectivity index (χ2v) is 4.82. The fourth-order valence-corrected chi connectivity index (χ4v) is 1.97. The van der Waals surface area contributed by atoms with Crippen LogP contribution >= 0.6 is 8.03 Å². The minimum atomic E-state index is -2.03. The van der Waals surface area contributed by atoms with Crippen molar-refractivity contribution in [2.75, 3.05) is 6.66 Å². The molecule has 1 heterocycles. The van der Waals surface area contributed by atoms with Gasteiger partial charge in [-0.1, -0.05) is 0 Å². The van der Waals surface area contributed by atoms with Crippen molar-refractivity contribution >= 4 is 8.03 Å². The number of aliphatic hydroxyl groups is 4. The summed E-state index contributed by atoms with van der Waals surface area (Å²) in [5.41, 5.74) is 0. The first-order chi connectivity index (χ1) is 7.34. The van der Waals surface area contributed by atoms with Gasteiger partial charge in [-0.3, -0.25) is 0 Å². The van der Waals surface area contributed by atoms with E-state index in [0.29, 0.717) is 0 Å². The molecule has 3 unspecified atom stereocenters. The largest absolute Gasteiger partial charge is 0.507 e. The lowest BCUT2D eigenvalue weighted by Gasteiger charge is -2.39. The molecule has 0 spiro atoms. The first-order valence-electron chi connectivity index (χ1n) is 4.80. The number of ether oxygens (including phenoxy) is 1. The Morgan fingerprint density at radius 3 is 2.25 bits per heavy atom. The smallest absolute Gasteiger partial charge is 0.391 e. The zero-order chi connectivity index (χ0) is 12.5. The van der Waals surface area contributed by atoms with Crippen LogP contribution in [0.5, 0.6) is 0 Å². The second-order valence-electron chi connectivity index (χ2n) is 3.73. The molecule has 0 aliphatic carbocycles. The van der Waals surface area contributed by atoms with Gasteiger partial charge < -0.3 is 25.2 Å². The molecular formula is C8H16O7P+. The molecule has 1 saturated heterocycles. The molecule has 8 heteroatoms. The van der Waals surface area contributed by atoms with Crippen LogP contribution in [-0.4, -0.2) is 63.9 Å². The summed E-state index contributed by atoms with van der Waals surface area (Å²) < 4.78 is 20.6. The monoisotopic (exact) mass is 255 g/mol. The molecule has 94 valence electrons. The lowest BCUT2D eigenvalue weighted by Crippen LogP contribution is -2.60. The lowest BCUT2D eigenvalue weighted by atomic mass is 9.96. The molecule has 0 aromatic carbocycles. The van der Waals surface area contributed by atoms with E-state index in [1.54, 1.807) is 0 Å². The van der Waals surface area contributed by atoms with Gasteiger partial charge in [0, 0.05) is 0 Å². The topological polar surface area (TPSA) is 116 Å². The average molecular weight is 255 g/mol. The van der Waals surface area contributed by atoms with Crippen LogP contribution in [0.2, 0.25) is 0 Å². The summed E-state index contributed by atoms with van der Waals surface area (Å²) >= 11 is 0. The van der Waals surface area contributed by atoms with E-state index in [0.717, 1.165) is 0 Å². The average Bonchev–Trinajstić information content (AvgIpc) is 2.18. The molecule has 16 heavy (non-hydrogen) atoms. The molecular weight excluding hydrogens is 239 g/mol. The standard InChI is InChI=1S/C8H16O7P/c1-3(9)7-5(11)4(10)6(12)8(14-7)15-16(2)13/h3-12H,1-2H3/q+1/t3-,4+,5+,6?,7?,8+/m1/s1. The SMILES string of the molecule is C[C@@H](O)C1O[C@@H](O[P+](C)=O)C(O)[C@@H](O)[C@@H]1O. The van der Waals surface area contributed by atoms with Crippen molar-refractivity contribution in [2.24, 2.45) is 0 Å². The number of aliphatic hydroxyl groups excluding tert-OH is 4. The quantitative estimate of drug-likeness (QED) is 0.456. The highest BCUT2D eigenvalue weighted by atomic mass is 31.1. The van der Waals surface area contributed by atoms with Crippen LogP contribution in [0.4, 0.5) is 0 Å². The highest BCUT2D eigenvalue weighted by Crippen LogP contribution is 2.29. The molecule has 1 rings (SSSR count).